The summed E-state index contributed by atoms with van der Waals surface area (Å²) in [6.45, 7) is 1.22. The first-order valence-corrected chi connectivity index (χ1v) is 7.75. The largest absolute Gasteiger partial charge is 0.490 e. The molecule has 0 fully saturated rings. The SMILES string of the molecule is OC(c1cc(Br)c2c(c1)OCCCO2)c1occc1Br. The third-order valence-electron chi connectivity index (χ3n) is 3.03. The van der Waals surface area contributed by atoms with E-state index in [2.05, 4.69) is 31.9 Å². The van der Waals surface area contributed by atoms with Crippen molar-refractivity contribution in [2.75, 3.05) is 13.2 Å². The van der Waals surface area contributed by atoms with E-state index >= 15 is 0 Å². The molecule has 1 aliphatic heterocycles. The van der Waals surface area contributed by atoms with Crippen LogP contribution >= 0.6 is 31.9 Å². The first-order valence-electron chi connectivity index (χ1n) is 6.17. The van der Waals surface area contributed by atoms with Crippen molar-refractivity contribution in [2.24, 2.45) is 0 Å². The maximum Gasteiger partial charge on any atom is 0.175 e. The number of aliphatic hydroxyl groups excluding tert-OH is 1. The fourth-order valence-corrected chi connectivity index (χ4v) is 3.05. The van der Waals surface area contributed by atoms with Gasteiger partial charge in [-0.15, -0.1) is 0 Å². The third-order valence-corrected chi connectivity index (χ3v) is 4.28. The molecule has 0 saturated carbocycles. The van der Waals surface area contributed by atoms with Gasteiger partial charge in [-0.25, -0.2) is 0 Å². The molecule has 0 bridgehead atoms. The summed E-state index contributed by atoms with van der Waals surface area (Å²) in [5.41, 5.74) is 0.678. The third kappa shape index (κ3) is 2.60. The van der Waals surface area contributed by atoms with Crippen LogP contribution in [0.4, 0.5) is 0 Å². The average molecular weight is 404 g/mol. The van der Waals surface area contributed by atoms with Crippen LogP contribution in [-0.4, -0.2) is 18.3 Å². The smallest absolute Gasteiger partial charge is 0.175 e. The molecule has 1 N–H and O–H groups in total. The second-order valence-corrected chi connectivity index (χ2v) is 6.12. The fourth-order valence-electron chi connectivity index (χ4n) is 2.06. The molecule has 1 aromatic heterocycles. The first kappa shape index (κ1) is 14.0. The standard InChI is InChI=1S/C14H12Br2O4/c15-9-2-5-20-14(9)12(17)8-6-10(16)13-11(7-8)18-3-1-4-19-13/h2,5-7,12,17H,1,3-4H2. The normalized spacial score (nSPS) is 15.8. The maximum atomic E-state index is 10.4. The lowest BCUT2D eigenvalue weighted by Gasteiger charge is -2.14. The van der Waals surface area contributed by atoms with Gasteiger partial charge in [0.2, 0.25) is 0 Å². The molecule has 0 amide bonds. The van der Waals surface area contributed by atoms with Crippen molar-refractivity contribution in [3.8, 4) is 11.5 Å². The second-order valence-electron chi connectivity index (χ2n) is 4.42. The van der Waals surface area contributed by atoms with Crippen molar-refractivity contribution in [2.45, 2.75) is 12.5 Å². The van der Waals surface area contributed by atoms with E-state index in [9.17, 15) is 5.11 Å². The number of hydrogen-bond donors (Lipinski definition) is 1. The van der Waals surface area contributed by atoms with E-state index in [4.69, 9.17) is 13.9 Å². The van der Waals surface area contributed by atoms with Crippen LogP contribution in [0.2, 0.25) is 0 Å². The molecule has 0 aliphatic carbocycles. The molecule has 1 atom stereocenters. The molecule has 106 valence electrons. The van der Waals surface area contributed by atoms with Crippen molar-refractivity contribution in [3.05, 3.63) is 44.7 Å². The summed E-state index contributed by atoms with van der Waals surface area (Å²) in [6, 6.07) is 5.34. The van der Waals surface area contributed by atoms with E-state index in [0.29, 0.717) is 36.0 Å². The minimum atomic E-state index is -0.868. The highest BCUT2D eigenvalue weighted by atomic mass is 79.9. The Morgan fingerprint density at radius 1 is 1.10 bits per heavy atom. The van der Waals surface area contributed by atoms with Gasteiger partial charge < -0.3 is 19.0 Å². The van der Waals surface area contributed by atoms with Gasteiger partial charge in [0.15, 0.2) is 17.3 Å². The van der Waals surface area contributed by atoms with Gasteiger partial charge in [0.25, 0.3) is 0 Å². The first-order chi connectivity index (χ1) is 9.66. The van der Waals surface area contributed by atoms with Crippen LogP contribution in [0.15, 0.2) is 37.8 Å². The van der Waals surface area contributed by atoms with Gasteiger partial charge in [-0.05, 0) is 55.6 Å². The van der Waals surface area contributed by atoms with Crippen molar-refractivity contribution in [3.63, 3.8) is 0 Å². The zero-order valence-electron chi connectivity index (χ0n) is 10.4. The molecule has 0 radical (unpaired) electrons. The van der Waals surface area contributed by atoms with E-state index in [-0.39, 0.29) is 0 Å². The topological polar surface area (TPSA) is 51.8 Å². The fraction of sp³-hybridized carbons (Fsp3) is 0.286. The minimum absolute atomic E-state index is 0.464. The molecule has 3 rings (SSSR count). The number of furan rings is 1. The lowest BCUT2D eigenvalue weighted by molar-refractivity contribution is 0.187. The van der Waals surface area contributed by atoms with Gasteiger partial charge in [-0.3, -0.25) is 0 Å². The zero-order valence-corrected chi connectivity index (χ0v) is 13.6. The Hall–Kier alpha value is -0.980. The zero-order chi connectivity index (χ0) is 14.1. The number of benzene rings is 1. The van der Waals surface area contributed by atoms with Gasteiger partial charge in [0.05, 0.1) is 28.4 Å². The Kier molecular flexibility index (Phi) is 4.05. The van der Waals surface area contributed by atoms with Crippen molar-refractivity contribution >= 4 is 31.9 Å². The summed E-state index contributed by atoms with van der Waals surface area (Å²) in [4.78, 5) is 0. The van der Waals surface area contributed by atoms with Gasteiger partial charge in [0.1, 0.15) is 6.10 Å². The molecule has 2 heterocycles. The summed E-state index contributed by atoms with van der Waals surface area (Å²) in [5, 5.41) is 10.4. The predicted octanol–water partition coefficient (Wildman–Crippen LogP) is 4.05. The van der Waals surface area contributed by atoms with E-state index < -0.39 is 6.10 Å². The van der Waals surface area contributed by atoms with E-state index in [0.717, 1.165) is 15.4 Å². The molecule has 1 aromatic carbocycles. The summed E-state index contributed by atoms with van der Waals surface area (Å²) in [5.74, 6) is 1.77. The highest BCUT2D eigenvalue weighted by molar-refractivity contribution is 9.10. The number of rotatable bonds is 2. The molecule has 0 saturated heterocycles. The number of fused-ring (bicyclic) bond motifs is 1. The number of aliphatic hydroxyl groups is 1. The minimum Gasteiger partial charge on any atom is -0.490 e. The second kappa shape index (κ2) is 5.79. The van der Waals surface area contributed by atoms with E-state index in [1.165, 1.54) is 6.26 Å². The van der Waals surface area contributed by atoms with Gasteiger partial charge >= 0.3 is 0 Å². The number of halogens is 2. The molecule has 2 aromatic rings. The Morgan fingerprint density at radius 3 is 2.65 bits per heavy atom. The average Bonchev–Trinajstić information content (AvgIpc) is 2.72. The monoisotopic (exact) mass is 402 g/mol. The summed E-state index contributed by atoms with van der Waals surface area (Å²) in [7, 11) is 0. The Balaban J connectivity index is 2.01. The Bertz CT molecular complexity index is 624. The lowest BCUT2D eigenvalue weighted by atomic mass is 10.1. The molecule has 20 heavy (non-hydrogen) atoms. The molecule has 1 unspecified atom stereocenters. The van der Waals surface area contributed by atoms with Crippen LogP contribution in [0.1, 0.15) is 23.8 Å². The number of hydrogen-bond acceptors (Lipinski definition) is 4. The molecule has 4 nitrogen and oxygen atoms in total. The predicted molar refractivity (Wildman–Crippen MR) is 80.2 cm³/mol. The molecular formula is C14H12Br2O4. The Morgan fingerprint density at radius 2 is 1.90 bits per heavy atom. The number of ether oxygens (including phenoxy) is 2. The van der Waals surface area contributed by atoms with Crippen LogP contribution in [0.3, 0.4) is 0 Å². The van der Waals surface area contributed by atoms with Crippen molar-refractivity contribution in [1.29, 1.82) is 0 Å². The summed E-state index contributed by atoms with van der Waals surface area (Å²) < 4.78 is 18.1. The molecule has 0 spiro atoms. The van der Waals surface area contributed by atoms with Crippen LogP contribution in [0.5, 0.6) is 11.5 Å². The van der Waals surface area contributed by atoms with Crippen molar-refractivity contribution < 1.29 is 19.0 Å². The van der Waals surface area contributed by atoms with Gasteiger partial charge in [-0.1, -0.05) is 0 Å². The van der Waals surface area contributed by atoms with Crippen LogP contribution in [-0.2, 0) is 0 Å². The quantitative estimate of drug-likeness (QED) is 0.821. The molecular weight excluding hydrogens is 392 g/mol. The molecule has 6 heteroatoms. The van der Waals surface area contributed by atoms with E-state index in [1.54, 1.807) is 12.1 Å². The maximum absolute atomic E-state index is 10.4. The Labute approximate surface area is 132 Å². The van der Waals surface area contributed by atoms with Crippen LogP contribution in [0.25, 0.3) is 0 Å². The van der Waals surface area contributed by atoms with Gasteiger partial charge in [-0.2, -0.15) is 0 Å². The highest BCUT2D eigenvalue weighted by Gasteiger charge is 2.22. The van der Waals surface area contributed by atoms with Crippen LogP contribution < -0.4 is 9.47 Å². The lowest BCUT2D eigenvalue weighted by Crippen LogP contribution is -2.01. The highest BCUT2D eigenvalue weighted by Crippen LogP contribution is 2.41. The van der Waals surface area contributed by atoms with Gasteiger partial charge in [0, 0.05) is 6.42 Å². The van der Waals surface area contributed by atoms with Crippen LogP contribution in [0, 0.1) is 0 Å². The summed E-state index contributed by atoms with van der Waals surface area (Å²) >= 11 is 6.81. The van der Waals surface area contributed by atoms with E-state index in [1.807, 2.05) is 6.07 Å². The van der Waals surface area contributed by atoms with Crippen molar-refractivity contribution in [1.82, 2.24) is 0 Å². The summed E-state index contributed by atoms with van der Waals surface area (Å²) in [6.07, 6.45) is 1.50. The molecule has 1 aliphatic rings.